The minimum absolute atomic E-state index is 0.357. The number of thioether (sulfide) groups is 1. The molecule has 3 aromatic heterocycles. The van der Waals surface area contributed by atoms with Crippen molar-refractivity contribution < 1.29 is 9.15 Å². The van der Waals surface area contributed by atoms with E-state index in [4.69, 9.17) is 9.15 Å². The maximum atomic E-state index is 12.2. The highest BCUT2D eigenvalue weighted by Gasteiger charge is 2.20. The average Bonchev–Trinajstić information content (AvgIpc) is 3.46. The zero-order valence-electron chi connectivity index (χ0n) is 18.4. The molecule has 8 heteroatoms. The standard InChI is InChI=1S/C25H21N3O3S2/c1-15-7-9-20(30-3)19(11-15)28-24(22-5-4-10-32-22)26-27-25(28)33-14-17-13-23(29)31-21-12-16(2)6-8-18(17)21/h4-13H,14H2,1-3H3. The molecule has 5 rings (SSSR count). The van der Waals surface area contributed by atoms with Crippen LogP contribution in [0.5, 0.6) is 5.75 Å². The van der Waals surface area contributed by atoms with E-state index in [-0.39, 0.29) is 5.63 Å². The molecule has 2 aromatic carbocycles. The lowest BCUT2D eigenvalue weighted by atomic mass is 10.1. The first-order valence-corrected chi connectivity index (χ1v) is 12.2. The monoisotopic (exact) mass is 475 g/mol. The van der Waals surface area contributed by atoms with Crippen LogP contribution < -0.4 is 10.4 Å². The summed E-state index contributed by atoms with van der Waals surface area (Å²) in [6.07, 6.45) is 0. The van der Waals surface area contributed by atoms with Crippen LogP contribution in [0.2, 0.25) is 0 Å². The molecule has 0 N–H and O–H groups in total. The predicted molar refractivity (Wildman–Crippen MR) is 133 cm³/mol. The second-order valence-electron chi connectivity index (χ2n) is 7.67. The molecule has 0 aliphatic heterocycles. The van der Waals surface area contributed by atoms with Crippen molar-refractivity contribution in [2.24, 2.45) is 0 Å². The molecule has 166 valence electrons. The third-order valence-electron chi connectivity index (χ3n) is 5.29. The van der Waals surface area contributed by atoms with E-state index in [0.717, 1.165) is 49.4 Å². The lowest BCUT2D eigenvalue weighted by molar-refractivity contribution is 0.412. The van der Waals surface area contributed by atoms with Crippen LogP contribution in [0.25, 0.3) is 27.4 Å². The Kier molecular flexibility index (Phi) is 5.78. The molecule has 0 radical (unpaired) electrons. The number of aromatic nitrogens is 3. The minimum atomic E-state index is -0.357. The highest BCUT2D eigenvalue weighted by atomic mass is 32.2. The van der Waals surface area contributed by atoms with Crippen molar-refractivity contribution in [2.75, 3.05) is 7.11 Å². The molecule has 0 fully saturated rings. The van der Waals surface area contributed by atoms with Crippen LogP contribution in [0.15, 0.2) is 74.3 Å². The van der Waals surface area contributed by atoms with E-state index in [1.54, 1.807) is 24.5 Å². The number of aryl methyl sites for hydroxylation is 2. The van der Waals surface area contributed by atoms with Gasteiger partial charge in [-0.3, -0.25) is 4.57 Å². The van der Waals surface area contributed by atoms with Crippen LogP contribution in [0.3, 0.4) is 0 Å². The van der Waals surface area contributed by atoms with Crippen molar-refractivity contribution in [2.45, 2.75) is 24.8 Å². The molecule has 0 aliphatic rings. The van der Waals surface area contributed by atoms with Crippen molar-refractivity contribution in [3.63, 3.8) is 0 Å². The van der Waals surface area contributed by atoms with Crippen LogP contribution in [0.4, 0.5) is 0 Å². The minimum Gasteiger partial charge on any atom is -0.495 e. The Hall–Kier alpha value is -3.36. The largest absolute Gasteiger partial charge is 0.495 e. The average molecular weight is 476 g/mol. The van der Waals surface area contributed by atoms with Crippen LogP contribution in [0, 0.1) is 13.8 Å². The van der Waals surface area contributed by atoms with E-state index in [1.165, 1.54) is 11.8 Å². The van der Waals surface area contributed by atoms with Gasteiger partial charge in [0.15, 0.2) is 11.0 Å². The Labute approximate surface area is 198 Å². The zero-order valence-corrected chi connectivity index (χ0v) is 20.0. The van der Waals surface area contributed by atoms with Gasteiger partial charge in [0, 0.05) is 17.2 Å². The van der Waals surface area contributed by atoms with Gasteiger partial charge >= 0.3 is 5.63 Å². The smallest absolute Gasteiger partial charge is 0.336 e. The van der Waals surface area contributed by atoms with Crippen molar-refractivity contribution in [1.29, 1.82) is 0 Å². The van der Waals surface area contributed by atoms with Gasteiger partial charge in [0.1, 0.15) is 11.3 Å². The topological polar surface area (TPSA) is 70.2 Å². The molecular formula is C25H21N3O3S2. The molecule has 0 bridgehead atoms. The lowest BCUT2D eigenvalue weighted by Gasteiger charge is -2.14. The number of methoxy groups -OCH3 is 1. The number of hydrogen-bond acceptors (Lipinski definition) is 7. The van der Waals surface area contributed by atoms with Gasteiger partial charge in [0.25, 0.3) is 0 Å². The molecule has 0 saturated heterocycles. The first-order valence-electron chi connectivity index (χ1n) is 10.3. The molecule has 0 aliphatic carbocycles. The summed E-state index contributed by atoms with van der Waals surface area (Å²) in [7, 11) is 1.66. The molecular weight excluding hydrogens is 454 g/mol. The van der Waals surface area contributed by atoms with E-state index in [9.17, 15) is 4.79 Å². The first kappa shape index (κ1) is 21.5. The van der Waals surface area contributed by atoms with Gasteiger partial charge in [-0.2, -0.15) is 0 Å². The fraction of sp³-hybridized carbons (Fsp3) is 0.160. The summed E-state index contributed by atoms with van der Waals surface area (Å²) in [5.41, 5.74) is 4.16. The number of benzene rings is 2. The molecule has 5 aromatic rings. The normalized spacial score (nSPS) is 11.2. The van der Waals surface area contributed by atoms with Crippen LogP contribution in [-0.4, -0.2) is 21.9 Å². The van der Waals surface area contributed by atoms with Crippen molar-refractivity contribution >= 4 is 34.1 Å². The van der Waals surface area contributed by atoms with E-state index in [2.05, 4.69) is 16.3 Å². The summed E-state index contributed by atoms with van der Waals surface area (Å²) < 4.78 is 13.1. The maximum Gasteiger partial charge on any atom is 0.336 e. The first-order chi connectivity index (χ1) is 16.0. The highest BCUT2D eigenvalue weighted by molar-refractivity contribution is 7.98. The van der Waals surface area contributed by atoms with Gasteiger partial charge in [-0.25, -0.2) is 4.79 Å². The second-order valence-corrected chi connectivity index (χ2v) is 9.56. The van der Waals surface area contributed by atoms with Gasteiger partial charge in [-0.05, 0) is 60.2 Å². The van der Waals surface area contributed by atoms with E-state index >= 15 is 0 Å². The fourth-order valence-corrected chi connectivity index (χ4v) is 5.35. The summed E-state index contributed by atoms with van der Waals surface area (Å²) in [5.74, 6) is 2.03. The maximum absolute atomic E-state index is 12.2. The quantitative estimate of drug-likeness (QED) is 0.221. The molecule has 33 heavy (non-hydrogen) atoms. The zero-order chi connectivity index (χ0) is 22.9. The van der Waals surface area contributed by atoms with Crippen molar-refractivity contribution in [1.82, 2.24) is 14.8 Å². The van der Waals surface area contributed by atoms with Gasteiger partial charge in [-0.1, -0.05) is 36.0 Å². The Morgan fingerprint density at radius 2 is 1.88 bits per heavy atom. The highest BCUT2D eigenvalue weighted by Crippen LogP contribution is 2.36. The number of fused-ring (bicyclic) bond motifs is 1. The molecule has 0 amide bonds. The van der Waals surface area contributed by atoms with E-state index < -0.39 is 0 Å². The SMILES string of the molecule is COc1ccc(C)cc1-n1c(SCc2cc(=O)oc3cc(C)ccc23)nnc1-c1cccs1. The Morgan fingerprint density at radius 1 is 1.06 bits per heavy atom. The number of thiophene rings is 1. The molecule has 0 unspecified atom stereocenters. The molecule has 6 nitrogen and oxygen atoms in total. The number of rotatable bonds is 6. The van der Waals surface area contributed by atoms with Gasteiger partial charge in [-0.15, -0.1) is 21.5 Å². The van der Waals surface area contributed by atoms with Crippen LogP contribution in [-0.2, 0) is 5.75 Å². The predicted octanol–water partition coefficient (Wildman–Crippen LogP) is 6.02. The van der Waals surface area contributed by atoms with Gasteiger partial charge < -0.3 is 9.15 Å². The molecule has 0 saturated carbocycles. The Balaban J connectivity index is 1.60. The van der Waals surface area contributed by atoms with Gasteiger partial charge in [0.2, 0.25) is 0 Å². The van der Waals surface area contributed by atoms with E-state index in [0.29, 0.717) is 11.3 Å². The second kappa shape index (κ2) is 8.88. The summed E-state index contributed by atoms with van der Waals surface area (Å²) in [4.78, 5) is 13.2. The third-order valence-corrected chi connectivity index (χ3v) is 7.14. The lowest BCUT2D eigenvalue weighted by Crippen LogP contribution is -2.03. The Morgan fingerprint density at radius 3 is 2.67 bits per heavy atom. The van der Waals surface area contributed by atoms with Crippen molar-refractivity contribution in [3.8, 4) is 22.1 Å². The number of hydrogen-bond donors (Lipinski definition) is 0. The van der Waals surface area contributed by atoms with Crippen LogP contribution in [0.1, 0.15) is 16.7 Å². The van der Waals surface area contributed by atoms with E-state index in [1.807, 2.05) is 66.3 Å². The number of ether oxygens (including phenoxy) is 1. The molecule has 0 spiro atoms. The van der Waals surface area contributed by atoms with Crippen LogP contribution >= 0.6 is 23.1 Å². The fourth-order valence-electron chi connectivity index (χ4n) is 3.72. The molecule has 3 heterocycles. The summed E-state index contributed by atoms with van der Waals surface area (Å²) in [6.45, 7) is 4.02. The Bertz CT molecular complexity index is 1500. The summed E-state index contributed by atoms with van der Waals surface area (Å²) in [6, 6.07) is 17.5. The number of nitrogens with zero attached hydrogens (tertiary/aromatic N) is 3. The van der Waals surface area contributed by atoms with Crippen molar-refractivity contribution in [3.05, 3.63) is 87.1 Å². The summed E-state index contributed by atoms with van der Waals surface area (Å²) in [5, 5.41) is 12.7. The molecule has 0 atom stereocenters. The summed E-state index contributed by atoms with van der Waals surface area (Å²) >= 11 is 3.13. The third kappa shape index (κ3) is 4.19. The van der Waals surface area contributed by atoms with Gasteiger partial charge in [0.05, 0.1) is 17.7 Å².